The molecular weight excluding hydrogens is 489 g/mol. The summed E-state index contributed by atoms with van der Waals surface area (Å²) in [4.78, 5) is 9.39. The first-order valence-electron chi connectivity index (χ1n) is 9.85. The molecule has 1 atom stereocenters. The van der Waals surface area contributed by atoms with E-state index in [0.717, 1.165) is 69.7 Å². The normalized spacial score (nSPS) is 17.0. The highest BCUT2D eigenvalue weighted by atomic mass is 127. The van der Waals surface area contributed by atoms with Crippen LogP contribution < -0.4 is 15.5 Å². The Morgan fingerprint density at radius 1 is 1.39 bits per heavy atom. The smallest absolute Gasteiger partial charge is 0.191 e. The molecule has 1 unspecified atom stereocenters. The molecule has 0 bridgehead atoms. The van der Waals surface area contributed by atoms with Gasteiger partial charge in [0, 0.05) is 56.6 Å². The van der Waals surface area contributed by atoms with Crippen LogP contribution in [0.2, 0.25) is 5.02 Å². The zero-order chi connectivity index (χ0) is 19.5. The first kappa shape index (κ1) is 25.3. The molecule has 1 heterocycles. The predicted octanol–water partition coefficient (Wildman–Crippen LogP) is 3.06. The van der Waals surface area contributed by atoms with Gasteiger partial charge in [0.15, 0.2) is 5.96 Å². The Bertz CT molecular complexity index is 589. The van der Waals surface area contributed by atoms with Crippen LogP contribution in [0, 0.1) is 0 Å². The van der Waals surface area contributed by atoms with Crippen LogP contribution in [-0.2, 0) is 4.74 Å². The van der Waals surface area contributed by atoms with Crippen molar-refractivity contribution in [3.8, 4) is 0 Å². The molecule has 0 radical (unpaired) electrons. The molecule has 2 rings (SSSR count). The molecule has 1 aromatic carbocycles. The maximum Gasteiger partial charge on any atom is 0.191 e. The molecule has 1 aliphatic rings. The van der Waals surface area contributed by atoms with E-state index in [0.29, 0.717) is 6.04 Å². The lowest BCUT2D eigenvalue weighted by atomic mass is 10.2. The lowest BCUT2D eigenvalue weighted by molar-refractivity contribution is 0.161. The Morgan fingerprint density at radius 3 is 2.93 bits per heavy atom. The molecule has 0 saturated carbocycles. The van der Waals surface area contributed by atoms with Crippen LogP contribution in [0.4, 0.5) is 5.69 Å². The summed E-state index contributed by atoms with van der Waals surface area (Å²) in [5.41, 5.74) is 1.19. The van der Waals surface area contributed by atoms with Gasteiger partial charge in [-0.1, -0.05) is 17.7 Å². The van der Waals surface area contributed by atoms with Gasteiger partial charge >= 0.3 is 0 Å². The summed E-state index contributed by atoms with van der Waals surface area (Å²) in [5.74, 6) is 0.912. The van der Waals surface area contributed by atoms with E-state index in [2.05, 4.69) is 40.5 Å². The van der Waals surface area contributed by atoms with E-state index < -0.39 is 0 Å². The Morgan fingerprint density at radius 2 is 2.21 bits per heavy atom. The third-order valence-electron chi connectivity index (χ3n) is 4.69. The molecule has 0 aromatic heterocycles. The summed E-state index contributed by atoms with van der Waals surface area (Å²) >= 11 is 6.12. The molecule has 0 spiro atoms. The van der Waals surface area contributed by atoms with Gasteiger partial charge in [0.1, 0.15) is 0 Å². The van der Waals surface area contributed by atoms with Gasteiger partial charge in [-0.25, -0.2) is 0 Å². The minimum absolute atomic E-state index is 0. The highest BCUT2D eigenvalue weighted by Gasteiger charge is 2.23. The SMILES string of the molecule is CCNC(=NCCCN(C)CCOC)NC1CCN(c2cccc(Cl)c2)C1.I. The van der Waals surface area contributed by atoms with Gasteiger partial charge in [0.2, 0.25) is 0 Å². The Hall–Kier alpha value is -0.770. The van der Waals surface area contributed by atoms with Crippen LogP contribution >= 0.6 is 35.6 Å². The van der Waals surface area contributed by atoms with Crippen LogP contribution in [0.5, 0.6) is 0 Å². The molecule has 0 amide bonds. The van der Waals surface area contributed by atoms with Gasteiger partial charge < -0.3 is 25.2 Å². The summed E-state index contributed by atoms with van der Waals surface area (Å²) in [6, 6.07) is 8.47. The number of rotatable bonds is 10. The highest BCUT2D eigenvalue weighted by molar-refractivity contribution is 14.0. The van der Waals surface area contributed by atoms with Crippen molar-refractivity contribution in [2.45, 2.75) is 25.8 Å². The topological polar surface area (TPSA) is 52.1 Å². The summed E-state index contributed by atoms with van der Waals surface area (Å²) in [5, 5.41) is 7.73. The summed E-state index contributed by atoms with van der Waals surface area (Å²) in [6.45, 7) is 8.53. The zero-order valence-electron chi connectivity index (χ0n) is 17.3. The van der Waals surface area contributed by atoms with Crippen LogP contribution in [0.25, 0.3) is 0 Å². The van der Waals surface area contributed by atoms with E-state index in [1.54, 1.807) is 7.11 Å². The number of hydrogen-bond acceptors (Lipinski definition) is 4. The fourth-order valence-corrected chi connectivity index (χ4v) is 3.37. The van der Waals surface area contributed by atoms with Crippen molar-refractivity contribution in [1.29, 1.82) is 0 Å². The number of hydrogen-bond donors (Lipinski definition) is 2. The van der Waals surface area contributed by atoms with Crippen LogP contribution in [0.1, 0.15) is 19.8 Å². The van der Waals surface area contributed by atoms with E-state index in [1.165, 1.54) is 5.69 Å². The molecular formula is C20H35ClIN5O. The van der Waals surface area contributed by atoms with Crippen molar-refractivity contribution in [3.05, 3.63) is 29.3 Å². The van der Waals surface area contributed by atoms with Crippen molar-refractivity contribution in [2.24, 2.45) is 4.99 Å². The third kappa shape index (κ3) is 9.15. The summed E-state index contributed by atoms with van der Waals surface area (Å²) < 4.78 is 5.11. The van der Waals surface area contributed by atoms with E-state index in [-0.39, 0.29) is 24.0 Å². The molecule has 0 aliphatic carbocycles. The largest absolute Gasteiger partial charge is 0.383 e. The number of aliphatic imine (C=N–C) groups is 1. The Labute approximate surface area is 192 Å². The van der Waals surface area contributed by atoms with Gasteiger partial charge in [-0.05, 0) is 51.6 Å². The molecule has 1 saturated heterocycles. The van der Waals surface area contributed by atoms with E-state index in [4.69, 9.17) is 21.3 Å². The van der Waals surface area contributed by atoms with Gasteiger partial charge in [-0.2, -0.15) is 0 Å². The molecule has 2 N–H and O–H groups in total. The van der Waals surface area contributed by atoms with E-state index in [1.807, 2.05) is 18.2 Å². The monoisotopic (exact) mass is 523 g/mol. The standard InChI is InChI=1S/C20H34ClN5O.HI/c1-4-22-20(23-10-6-11-25(2)13-14-27-3)24-18-9-12-26(16-18)19-8-5-7-17(21)15-19;/h5,7-8,15,18H,4,6,9-14,16H2,1-3H3,(H2,22,23,24);1H. The maximum absolute atomic E-state index is 6.12. The molecule has 1 aliphatic heterocycles. The molecule has 1 fully saturated rings. The lowest BCUT2D eigenvalue weighted by Crippen LogP contribution is -2.44. The van der Waals surface area contributed by atoms with E-state index in [9.17, 15) is 0 Å². The minimum Gasteiger partial charge on any atom is -0.383 e. The van der Waals surface area contributed by atoms with Crippen molar-refractivity contribution >= 4 is 47.2 Å². The number of nitrogens with one attached hydrogen (secondary N) is 2. The number of anilines is 1. The van der Waals surface area contributed by atoms with Crippen molar-refractivity contribution < 1.29 is 4.74 Å². The molecule has 1 aromatic rings. The van der Waals surface area contributed by atoms with Crippen molar-refractivity contribution in [2.75, 3.05) is 64.9 Å². The van der Waals surface area contributed by atoms with Gasteiger partial charge in [-0.15, -0.1) is 24.0 Å². The van der Waals surface area contributed by atoms with Crippen LogP contribution in [-0.4, -0.2) is 76.9 Å². The van der Waals surface area contributed by atoms with Crippen molar-refractivity contribution in [1.82, 2.24) is 15.5 Å². The summed E-state index contributed by atoms with van der Waals surface area (Å²) in [6.07, 6.45) is 2.13. The van der Waals surface area contributed by atoms with Gasteiger partial charge in [0.05, 0.1) is 6.61 Å². The van der Waals surface area contributed by atoms with Crippen molar-refractivity contribution in [3.63, 3.8) is 0 Å². The van der Waals surface area contributed by atoms with Gasteiger partial charge in [0.25, 0.3) is 0 Å². The van der Waals surface area contributed by atoms with Crippen LogP contribution in [0.15, 0.2) is 29.3 Å². The predicted molar refractivity (Wildman–Crippen MR) is 131 cm³/mol. The fourth-order valence-electron chi connectivity index (χ4n) is 3.19. The number of halogens is 2. The van der Waals surface area contributed by atoms with Gasteiger partial charge in [-0.3, -0.25) is 4.99 Å². The minimum atomic E-state index is 0. The highest BCUT2D eigenvalue weighted by Crippen LogP contribution is 2.23. The second-order valence-corrected chi connectivity index (χ2v) is 7.40. The average Bonchev–Trinajstić information content (AvgIpc) is 3.12. The van der Waals surface area contributed by atoms with Crippen LogP contribution in [0.3, 0.4) is 0 Å². The first-order valence-corrected chi connectivity index (χ1v) is 10.2. The molecule has 160 valence electrons. The Kier molecular flexibility index (Phi) is 12.9. The Balaban J connectivity index is 0.00000392. The lowest BCUT2D eigenvalue weighted by Gasteiger charge is -2.20. The number of nitrogens with zero attached hydrogens (tertiary/aromatic N) is 3. The third-order valence-corrected chi connectivity index (χ3v) is 4.93. The number of ether oxygens (including phenoxy) is 1. The zero-order valence-corrected chi connectivity index (χ0v) is 20.4. The number of benzene rings is 1. The molecule has 6 nitrogen and oxygen atoms in total. The number of guanidine groups is 1. The average molecular weight is 524 g/mol. The first-order chi connectivity index (χ1) is 13.1. The molecule has 8 heteroatoms. The number of likely N-dealkylation sites (N-methyl/N-ethyl adjacent to an activating group) is 1. The molecule has 28 heavy (non-hydrogen) atoms. The van der Waals surface area contributed by atoms with E-state index >= 15 is 0 Å². The fraction of sp³-hybridized carbons (Fsp3) is 0.650. The number of methoxy groups -OCH3 is 1. The maximum atomic E-state index is 6.12. The quantitative estimate of drug-likeness (QED) is 0.214. The second kappa shape index (κ2) is 14.3. The second-order valence-electron chi connectivity index (χ2n) is 6.97. The summed E-state index contributed by atoms with van der Waals surface area (Å²) in [7, 11) is 3.86.